The van der Waals surface area contributed by atoms with Gasteiger partial charge < -0.3 is 10.2 Å². The van der Waals surface area contributed by atoms with Crippen LogP contribution in [0, 0.1) is 0 Å². The summed E-state index contributed by atoms with van der Waals surface area (Å²) in [7, 11) is -3.47. The van der Waals surface area contributed by atoms with Crippen molar-refractivity contribution in [3.05, 3.63) is 54.6 Å². The summed E-state index contributed by atoms with van der Waals surface area (Å²) in [5, 5.41) is 3.49. The van der Waals surface area contributed by atoms with E-state index in [4.69, 9.17) is 9.97 Å². The Hall–Kier alpha value is -2.71. The molecule has 2 aromatic carbocycles. The first-order valence-corrected chi connectivity index (χ1v) is 11.4. The SMILES string of the molecule is O=S(=O)(c1ccccc1)N1CCN(c2nc3ccccc3nc2NC2CC2)CC1. The summed E-state index contributed by atoms with van der Waals surface area (Å²) in [5.41, 5.74) is 1.72. The lowest BCUT2D eigenvalue weighted by Crippen LogP contribution is -2.49. The number of hydrogen-bond acceptors (Lipinski definition) is 6. The van der Waals surface area contributed by atoms with E-state index in [2.05, 4.69) is 10.2 Å². The van der Waals surface area contributed by atoms with Crippen molar-refractivity contribution in [2.45, 2.75) is 23.8 Å². The molecular weight excluding hydrogens is 386 g/mol. The van der Waals surface area contributed by atoms with Gasteiger partial charge in [-0.15, -0.1) is 0 Å². The van der Waals surface area contributed by atoms with E-state index in [-0.39, 0.29) is 0 Å². The summed E-state index contributed by atoms with van der Waals surface area (Å²) in [5.74, 6) is 1.61. The Morgan fingerprint density at radius 3 is 2.10 bits per heavy atom. The van der Waals surface area contributed by atoms with Crippen molar-refractivity contribution in [1.82, 2.24) is 14.3 Å². The molecule has 0 unspecified atom stereocenters. The normalized spacial score (nSPS) is 18.1. The molecule has 0 atom stereocenters. The van der Waals surface area contributed by atoms with E-state index < -0.39 is 10.0 Å². The molecule has 0 spiro atoms. The summed E-state index contributed by atoms with van der Waals surface area (Å²) in [6.45, 7) is 2.01. The zero-order chi connectivity index (χ0) is 19.8. The van der Waals surface area contributed by atoms with Crippen molar-refractivity contribution >= 4 is 32.7 Å². The molecule has 3 aromatic rings. The van der Waals surface area contributed by atoms with E-state index in [0.29, 0.717) is 37.1 Å². The maximum absolute atomic E-state index is 12.9. The number of rotatable bonds is 5. The third-order valence-corrected chi connectivity index (χ3v) is 7.30. The number of anilines is 2. The summed E-state index contributed by atoms with van der Waals surface area (Å²) in [4.78, 5) is 12.1. The number of fused-ring (bicyclic) bond motifs is 1. The number of hydrogen-bond donors (Lipinski definition) is 1. The minimum Gasteiger partial charge on any atom is -0.364 e. The average Bonchev–Trinajstić information content (AvgIpc) is 3.58. The van der Waals surface area contributed by atoms with Gasteiger partial charge in [0.1, 0.15) is 0 Å². The van der Waals surface area contributed by atoms with Gasteiger partial charge in [-0.05, 0) is 37.1 Å². The molecule has 2 aliphatic rings. The van der Waals surface area contributed by atoms with Crippen molar-refractivity contribution in [3.63, 3.8) is 0 Å². The highest BCUT2D eigenvalue weighted by atomic mass is 32.2. The molecule has 1 aromatic heterocycles. The smallest absolute Gasteiger partial charge is 0.243 e. The van der Waals surface area contributed by atoms with Gasteiger partial charge in [0.25, 0.3) is 0 Å². The molecule has 0 radical (unpaired) electrons. The van der Waals surface area contributed by atoms with Gasteiger partial charge in [0.2, 0.25) is 10.0 Å². The van der Waals surface area contributed by atoms with E-state index in [0.717, 1.165) is 35.5 Å². The average molecular weight is 410 g/mol. The molecule has 1 aliphatic heterocycles. The van der Waals surface area contributed by atoms with Crippen LogP contribution in [0.4, 0.5) is 11.6 Å². The minimum atomic E-state index is -3.47. The van der Waals surface area contributed by atoms with Crippen LogP contribution in [0.5, 0.6) is 0 Å². The standard InChI is InChI=1S/C21H23N5O2S/c27-29(28,17-6-2-1-3-7-17)26-14-12-25(13-15-26)21-20(22-16-10-11-16)23-18-8-4-5-9-19(18)24-21/h1-9,16H,10-15H2,(H,22,23). The van der Waals surface area contributed by atoms with Crippen molar-refractivity contribution in [3.8, 4) is 0 Å². The minimum absolute atomic E-state index is 0.343. The van der Waals surface area contributed by atoms with Gasteiger partial charge in [-0.2, -0.15) is 4.31 Å². The van der Waals surface area contributed by atoms with Crippen molar-refractivity contribution in [2.24, 2.45) is 0 Å². The second-order valence-electron chi connectivity index (χ2n) is 7.51. The molecule has 2 heterocycles. The Balaban J connectivity index is 1.39. The third-order valence-electron chi connectivity index (χ3n) is 5.39. The van der Waals surface area contributed by atoms with Gasteiger partial charge in [0.05, 0.1) is 15.9 Å². The topological polar surface area (TPSA) is 78.4 Å². The van der Waals surface area contributed by atoms with Crippen molar-refractivity contribution in [1.29, 1.82) is 0 Å². The van der Waals surface area contributed by atoms with Crippen molar-refractivity contribution < 1.29 is 8.42 Å². The van der Waals surface area contributed by atoms with Crippen LogP contribution in [0.15, 0.2) is 59.5 Å². The van der Waals surface area contributed by atoms with Crippen LogP contribution < -0.4 is 10.2 Å². The predicted molar refractivity (Wildman–Crippen MR) is 114 cm³/mol. The number of para-hydroxylation sites is 2. The van der Waals surface area contributed by atoms with Gasteiger partial charge in [-0.1, -0.05) is 30.3 Å². The predicted octanol–water partition coefficient (Wildman–Crippen LogP) is 2.72. The van der Waals surface area contributed by atoms with E-state index in [1.54, 1.807) is 28.6 Å². The summed E-state index contributed by atoms with van der Waals surface area (Å²) < 4.78 is 27.3. The third kappa shape index (κ3) is 3.65. The molecule has 7 nitrogen and oxygen atoms in total. The first-order valence-electron chi connectivity index (χ1n) is 9.95. The number of aromatic nitrogens is 2. The molecule has 2 fully saturated rings. The highest BCUT2D eigenvalue weighted by Gasteiger charge is 2.31. The Morgan fingerprint density at radius 1 is 0.828 bits per heavy atom. The van der Waals surface area contributed by atoms with E-state index >= 15 is 0 Å². The largest absolute Gasteiger partial charge is 0.364 e. The maximum atomic E-state index is 12.9. The highest BCUT2D eigenvalue weighted by Crippen LogP contribution is 2.31. The molecule has 1 aliphatic carbocycles. The molecule has 150 valence electrons. The lowest BCUT2D eigenvalue weighted by molar-refractivity contribution is 0.384. The van der Waals surface area contributed by atoms with Gasteiger partial charge in [0.15, 0.2) is 11.6 Å². The van der Waals surface area contributed by atoms with Crippen LogP contribution in [-0.4, -0.2) is 54.9 Å². The lowest BCUT2D eigenvalue weighted by Gasteiger charge is -2.35. The Bertz CT molecular complexity index is 1120. The van der Waals surface area contributed by atoms with Crippen LogP contribution in [-0.2, 0) is 10.0 Å². The van der Waals surface area contributed by atoms with Crippen LogP contribution in [0.25, 0.3) is 11.0 Å². The monoisotopic (exact) mass is 409 g/mol. The molecule has 8 heteroatoms. The Morgan fingerprint density at radius 2 is 1.45 bits per heavy atom. The van der Waals surface area contributed by atoms with Crippen LogP contribution in [0.3, 0.4) is 0 Å². The van der Waals surface area contributed by atoms with E-state index in [9.17, 15) is 8.42 Å². The van der Waals surface area contributed by atoms with Crippen LogP contribution >= 0.6 is 0 Å². The number of nitrogens with zero attached hydrogens (tertiary/aromatic N) is 4. The van der Waals surface area contributed by atoms with Gasteiger partial charge in [-0.3, -0.25) is 0 Å². The fourth-order valence-corrected chi connectivity index (χ4v) is 5.05. The highest BCUT2D eigenvalue weighted by molar-refractivity contribution is 7.89. The fourth-order valence-electron chi connectivity index (χ4n) is 3.61. The molecule has 1 N–H and O–H groups in total. The molecule has 1 saturated carbocycles. The fraction of sp³-hybridized carbons (Fsp3) is 0.333. The molecule has 0 bridgehead atoms. The first-order chi connectivity index (χ1) is 14.1. The molecule has 1 saturated heterocycles. The number of nitrogens with one attached hydrogen (secondary N) is 1. The Labute approximate surface area is 170 Å². The molecule has 5 rings (SSSR count). The zero-order valence-corrected chi connectivity index (χ0v) is 16.8. The van der Waals surface area contributed by atoms with Gasteiger partial charge in [-0.25, -0.2) is 18.4 Å². The first kappa shape index (κ1) is 18.3. The summed E-state index contributed by atoms with van der Waals surface area (Å²) >= 11 is 0. The van der Waals surface area contributed by atoms with Gasteiger partial charge in [0, 0.05) is 32.2 Å². The number of benzene rings is 2. The van der Waals surface area contributed by atoms with Crippen LogP contribution in [0.1, 0.15) is 12.8 Å². The quantitative estimate of drug-likeness (QED) is 0.698. The second kappa shape index (κ2) is 7.27. The maximum Gasteiger partial charge on any atom is 0.243 e. The summed E-state index contributed by atoms with van der Waals surface area (Å²) in [6.07, 6.45) is 2.30. The molecule has 29 heavy (non-hydrogen) atoms. The lowest BCUT2D eigenvalue weighted by atomic mass is 10.3. The van der Waals surface area contributed by atoms with E-state index in [1.165, 1.54) is 0 Å². The van der Waals surface area contributed by atoms with E-state index in [1.807, 2.05) is 30.3 Å². The molecular formula is C21H23N5O2S. The second-order valence-corrected chi connectivity index (χ2v) is 9.45. The number of piperazine rings is 1. The van der Waals surface area contributed by atoms with Crippen LogP contribution in [0.2, 0.25) is 0 Å². The van der Waals surface area contributed by atoms with Gasteiger partial charge >= 0.3 is 0 Å². The Kier molecular flexibility index (Phi) is 4.60. The zero-order valence-electron chi connectivity index (χ0n) is 16.0. The van der Waals surface area contributed by atoms with Crippen molar-refractivity contribution in [2.75, 3.05) is 36.4 Å². The molecule has 0 amide bonds. The summed E-state index contributed by atoms with van der Waals surface area (Å²) in [6, 6.07) is 16.9. The number of sulfonamides is 1.